The SMILES string of the molecule is CC1CNC2(CCCC2)CN1c1ccc(OC(F)F)cc1. The maximum absolute atomic E-state index is 12.2. The van der Waals surface area contributed by atoms with E-state index in [4.69, 9.17) is 0 Å². The fourth-order valence-corrected chi connectivity index (χ4v) is 3.56. The molecule has 2 fully saturated rings. The maximum atomic E-state index is 12.2. The molecule has 0 bridgehead atoms. The number of benzene rings is 1. The zero-order chi connectivity index (χ0) is 14.9. The van der Waals surface area contributed by atoms with Crippen molar-refractivity contribution in [3.63, 3.8) is 0 Å². The van der Waals surface area contributed by atoms with E-state index in [9.17, 15) is 8.78 Å². The number of halogens is 2. The minimum Gasteiger partial charge on any atom is -0.435 e. The van der Waals surface area contributed by atoms with Gasteiger partial charge in [-0.15, -0.1) is 0 Å². The zero-order valence-corrected chi connectivity index (χ0v) is 12.3. The van der Waals surface area contributed by atoms with Gasteiger partial charge in [0.05, 0.1) is 0 Å². The van der Waals surface area contributed by atoms with Crippen LogP contribution in [0.2, 0.25) is 0 Å². The van der Waals surface area contributed by atoms with Crippen LogP contribution in [0, 0.1) is 0 Å². The Labute approximate surface area is 124 Å². The van der Waals surface area contributed by atoms with Crippen molar-refractivity contribution in [1.29, 1.82) is 0 Å². The van der Waals surface area contributed by atoms with E-state index in [1.807, 2.05) is 12.1 Å². The van der Waals surface area contributed by atoms with Gasteiger partial charge in [0.1, 0.15) is 5.75 Å². The molecule has 1 aromatic carbocycles. The molecule has 3 nitrogen and oxygen atoms in total. The molecule has 0 amide bonds. The summed E-state index contributed by atoms with van der Waals surface area (Å²) in [6, 6.07) is 7.40. The lowest BCUT2D eigenvalue weighted by atomic mass is 9.92. The van der Waals surface area contributed by atoms with E-state index >= 15 is 0 Å². The molecule has 1 aliphatic heterocycles. The predicted octanol–water partition coefficient (Wildman–Crippen LogP) is 3.40. The van der Waals surface area contributed by atoms with Gasteiger partial charge in [-0.3, -0.25) is 0 Å². The number of anilines is 1. The lowest BCUT2D eigenvalue weighted by molar-refractivity contribution is -0.0498. The first kappa shape index (κ1) is 14.6. The van der Waals surface area contributed by atoms with Crippen LogP contribution in [0.1, 0.15) is 32.6 Å². The standard InChI is InChI=1S/C16H22F2N2O/c1-12-10-19-16(8-2-3-9-16)11-20(12)13-4-6-14(7-5-13)21-15(17)18/h4-7,12,15,19H,2-3,8-11H2,1H3. The summed E-state index contributed by atoms with van der Waals surface area (Å²) in [5.74, 6) is 0.215. The van der Waals surface area contributed by atoms with Crippen molar-refractivity contribution in [1.82, 2.24) is 5.32 Å². The van der Waals surface area contributed by atoms with Gasteiger partial charge in [0, 0.05) is 30.4 Å². The van der Waals surface area contributed by atoms with E-state index in [1.54, 1.807) is 12.1 Å². The van der Waals surface area contributed by atoms with Gasteiger partial charge in [-0.2, -0.15) is 8.78 Å². The molecule has 1 saturated carbocycles. The largest absolute Gasteiger partial charge is 0.435 e. The minimum atomic E-state index is -2.77. The van der Waals surface area contributed by atoms with E-state index < -0.39 is 6.61 Å². The third-order valence-corrected chi connectivity index (χ3v) is 4.73. The molecular weight excluding hydrogens is 274 g/mol. The van der Waals surface area contributed by atoms with Crippen LogP contribution in [0.5, 0.6) is 5.75 Å². The lowest BCUT2D eigenvalue weighted by Crippen LogP contribution is -2.62. The maximum Gasteiger partial charge on any atom is 0.387 e. The first-order chi connectivity index (χ1) is 10.1. The van der Waals surface area contributed by atoms with Gasteiger partial charge in [-0.05, 0) is 44.0 Å². The van der Waals surface area contributed by atoms with Gasteiger partial charge in [-0.1, -0.05) is 12.8 Å². The number of nitrogens with one attached hydrogen (secondary N) is 1. The summed E-state index contributed by atoms with van der Waals surface area (Å²) in [5, 5.41) is 3.72. The summed E-state index contributed by atoms with van der Waals surface area (Å²) in [6.45, 7) is 1.38. The number of alkyl halides is 2. The Hall–Kier alpha value is -1.36. The van der Waals surface area contributed by atoms with Crippen LogP contribution < -0.4 is 15.0 Å². The highest BCUT2D eigenvalue weighted by atomic mass is 19.3. The molecule has 1 aliphatic carbocycles. The van der Waals surface area contributed by atoms with Crippen molar-refractivity contribution < 1.29 is 13.5 Å². The Kier molecular flexibility index (Phi) is 4.02. The Balaban J connectivity index is 1.74. The van der Waals surface area contributed by atoms with Gasteiger partial charge in [0.15, 0.2) is 0 Å². The van der Waals surface area contributed by atoms with Crippen molar-refractivity contribution in [3.8, 4) is 5.75 Å². The molecule has 1 unspecified atom stereocenters. The lowest BCUT2D eigenvalue weighted by Gasteiger charge is -2.46. The third kappa shape index (κ3) is 3.12. The smallest absolute Gasteiger partial charge is 0.387 e. The monoisotopic (exact) mass is 296 g/mol. The summed E-state index contributed by atoms with van der Waals surface area (Å²) in [4.78, 5) is 2.38. The average Bonchev–Trinajstić information content (AvgIpc) is 2.91. The molecule has 21 heavy (non-hydrogen) atoms. The summed E-state index contributed by atoms with van der Waals surface area (Å²) in [6.07, 6.45) is 5.03. The van der Waals surface area contributed by atoms with Gasteiger partial charge in [0.25, 0.3) is 0 Å². The predicted molar refractivity (Wildman–Crippen MR) is 79.1 cm³/mol. The third-order valence-electron chi connectivity index (χ3n) is 4.73. The van der Waals surface area contributed by atoms with Gasteiger partial charge >= 0.3 is 6.61 Å². The number of piperazine rings is 1. The van der Waals surface area contributed by atoms with Crippen LogP contribution in [0.3, 0.4) is 0 Å². The van der Waals surface area contributed by atoms with Gasteiger partial charge < -0.3 is 15.0 Å². The quantitative estimate of drug-likeness (QED) is 0.925. The molecular formula is C16H22F2N2O. The van der Waals surface area contributed by atoms with Crippen LogP contribution in [0.15, 0.2) is 24.3 Å². The van der Waals surface area contributed by atoms with E-state index in [2.05, 4.69) is 21.9 Å². The number of rotatable bonds is 3. The Bertz CT molecular complexity index is 472. The second-order valence-corrected chi connectivity index (χ2v) is 6.22. The minimum absolute atomic E-state index is 0.215. The van der Waals surface area contributed by atoms with Crippen LogP contribution in [-0.4, -0.2) is 31.3 Å². The molecule has 116 valence electrons. The van der Waals surface area contributed by atoms with E-state index in [0.29, 0.717) is 6.04 Å². The van der Waals surface area contributed by atoms with Crippen molar-refractivity contribution in [2.75, 3.05) is 18.0 Å². The van der Waals surface area contributed by atoms with E-state index in [-0.39, 0.29) is 11.3 Å². The number of hydrogen-bond acceptors (Lipinski definition) is 3. The molecule has 1 atom stereocenters. The highest BCUT2D eigenvalue weighted by Gasteiger charge is 2.39. The number of ether oxygens (including phenoxy) is 1. The van der Waals surface area contributed by atoms with Crippen LogP contribution in [0.4, 0.5) is 14.5 Å². The van der Waals surface area contributed by atoms with Crippen LogP contribution >= 0.6 is 0 Å². The summed E-state index contributed by atoms with van der Waals surface area (Å²) in [5.41, 5.74) is 1.32. The first-order valence-electron chi connectivity index (χ1n) is 7.65. The van der Waals surface area contributed by atoms with Crippen molar-refractivity contribution in [2.45, 2.75) is 50.8 Å². The normalized spacial score (nSPS) is 24.8. The van der Waals surface area contributed by atoms with E-state index in [0.717, 1.165) is 18.8 Å². The Morgan fingerprint density at radius 3 is 2.52 bits per heavy atom. The molecule has 0 aromatic heterocycles. The molecule has 2 aliphatic rings. The van der Waals surface area contributed by atoms with E-state index in [1.165, 1.54) is 25.7 Å². The number of hydrogen-bond donors (Lipinski definition) is 1. The fourth-order valence-electron chi connectivity index (χ4n) is 3.56. The molecule has 1 spiro atoms. The van der Waals surface area contributed by atoms with Crippen molar-refractivity contribution >= 4 is 5.69 Å². The molecule has 1 aromatic rings. The van der Waals surface area contributed by atoms with Crippen LogP contribution in [-0.2, 0) is 0 Å². The topological polar surface area (TPSA) is 24.5 Å². The molecule has 1 heterocycles. The highest BCUT2D eigenvalue weighted by Crippen LogP contribution is 2.35. The zero-order valence-electron chi connectivity index (χ0n) is 12.3. The average molecular weight is 296 g/mol. The fraction of sp³-hybridized carbons (Fsp3) is 0.625. The number of nitrogens with zero attached hydrogens (tertiary/aromatic N) is 1. The molecule has 0 radical (unpaired) electrons. The van der Waals surface area contributed by atoms with Crippen LogP contribution in [0.25, 0.3) is 0 Å². The highest BCUT2D eigenvalue weighted by molar-refractivity contribution is 5.51. The Morgan fingerprint density at radius 2 is 1.90 bits per heavy atom. The summed E-state index contributed by atoms with van der Waals surface area (Å²) < 4.78 is 28.8. The molecule has 1 N–H and O–H groups in total. The summed E-state index contributed by atoms with van der Waals surface area (Å²) >= 11 is 0. The molecule has 3 rings (SSSR count). The van der Waals surface area contributed by atoms with Crippen molar-refractivity contribution in [2.24, 2.45) is 0 Å². The summed E-state index contributed by atoms with van der Waals surface area (Å²) in [7, 11) is 0. The molecule has 1 saturated heterocycles. The first-order valence-corrected chi connectivity index (χ1v) is 7.65. The second kappa shape index (κ2) is 5.79. The van der Waals surface area contributed by atoms with Crippen molar-refractivity contribution in [3.05, 3.63) is 24.3 Å². The van der Waals surface area contributed by atoms with Gasteiger partial charge in [-0.25, -0.2) is 0 Å². The molecule has 5 heteroatoms. The van der Waals surface area contributed by atoms with Gasteiger partial charge in [0.2, 0.25) is 0 Å². The second-order valence-electron chi connectivity index (χ2n) is 6.22. The Morgan fingerprint density at radius 1 is 1.24 bits per heavy atom.